The summed E-state index contributed by atoms with van der Waals surface area (Å²) in [5.41, 5.74) is 5.53. The van der Waals surface area contributed by atoms with Crippen molar-refractivity contribution in [3.63, 3.8) is 0 Å². The standard InChI is InChI=1S/C9H15N3O2S/c10-7-9(12-4-3-11-8-12)1-5-15(13,14)6-2-9/h3-4,8H,1-2,5-7,10H2. The van der Waals surface area contributed by atoms with Gasteiger partial charge in [0, 0.05) is 18.9 Å². The molecule has 2 heterocycles. The van der Waals surface area contributed by atoms with Crippen LogP contribution < -0.4 is 5.73 Å². The van der Waals surface area contributed by atoms with E-state index in [1.165, 1.54) is 0 Å². The molecule has 5 nitrogen and oxygen atoms in total. The third-order valence-electron chi connectivity index (χ3n) is 3.19. The second-order valence-corrected chi connectivity index (χ2v) is 6.35. The molecule has 1 aromatic heterocycles. The van der Waals surface area contributed by atoms with Crippen molar-refractivity contribution in [1.29, 1.82) is 0 Å². The highest BCUT2D eigenvalue weighted by atomic mass is 32.2. The SMILES string of the molecule is NCC1(n2ccnc2)CCS(=O)(=O)CC1. The van der Waals surface area contributed by atoms with E-state index >= 15 is 0 Å². The maximum atomic E-state index is 11.4. The van der Waals surface area contributed by atoms with Gasteiger partial charge in [0.1, 0.15) is 0 Å². The van der Waals surface area contributed by atoms with E-state index in [1.807, 2.05) is 10.8 Å². The van der Waals surface area contributed by atoms with Crippen LogP contribution in [0.2, 0.25) is 0 Å². The highest BCUT2D eigenvalue weighted by molar-refractivity contribution is 7.91. The van der Waals surface area contributed by atoms with E-state index in [0.29, 0.717) is 19.4 Å². The first-order valence-electron chi connectivity index (χ1n) is 4.97. The van der Waals surface area contributed by atoms with Gasteiger partial charge in [-0.15, -0.1) is 0 Å². The van der Waals surface area contributed by atoms with Crippen molar-refractivity contribution in [2.24, 2.45) is 5.73 Å². The van der Waals surface area contributed by atoms with Crippen LogP contribution in [0, 0.1) is 0 Å². The van der Waals surface area contributed by atoms with Crippen LogP contribution in [0.15, 0.2) is 18.7 Å². The fraction of sp³-hybridized carbons (Fsp3) is 0.667. The molecule has 0 radical (unpaired) electrons. The zero-order valence-electron chi connectivity index (χ0n) is 8.46. The summed E-state index contributed by atoms with van der Waals surface area (Å²) in [6, 6.07) is 0. The number of aromatic nitrogens is 2. The Balaban J connectivity index is 2.26. The summed E-state index contributed by atoms with van der Waals surface area (Å²) in [7, 11) is -2.84. The van der Waals surface area contributed by atoms with Gasteiger partial charge in [0.05, 0.1) is 23.4 Å². The second kappa shape index (κ2) is 3.61. The first kappa shape index (κ1) is 10.6. The van der Waals surface area contributed by atoms with E-state index in [9.17, 15) is 8.42 Å². The number of rotatable bonds is 2. The van der Waals surface area contributed by atoms with E-state index in [2.05, 4.69) is 4.98 Å². The molecule has 1 aliphatic rings. The van der Waals surface area contributed by atoms with Gasteiger partial charge in [0.15, 0.2) is 9.84 Å². The van der Waals surface area contributed by atoms with Gasteiger partial charge in [-0.25, -0.2) is 13.4 Å². The van der Waals surface area contributed by atoms with Crippen molar-refractivity contribution >= 4 is 9.84 Å². The van der Waals surface area contributed by atoms with Crippen LogP contribution in [0.4, 0.5) is 0 Å². The fourth-order valence-corrected chi connectivity index (χ4v) is 3.61. The molecule has 0 saturated carbocycles. The predicted octanol–water partition coefficient (Wildman–Crippen LogP) is -0.254. The van der Waals surface area contributed by atoms with Gasteiger partial charge in [-0.2, -0.15) is 0 Å². The van der Waals surface area contributed by atoms with Gasteiger partial charge in [-0.3, -0.25) is 0 Å². The van der Waals surface area contributed by atoms with Crippen LogP contribution in [0.3, 0.4) is 0 Å². The monoisotopic (exact) mass is 229 g/mol. The van der Waals surface area contributed by atoms with Crippen LogP contribution in [0.25, 0.3) is 0 Å². The average molecular weight is 229 g/mol. The molecule has 2 N–H and O–H groups in total. The van der Waals surface area contributed by atoms with Gasteiger partial charge in [-0.1, -0.05) is 0 Å². The van der Waals surface area contributed by atoms with Crippen LogP contribution in [-0.2, 0) is 15.4 Å². The Kier molecular flexibility index (Phi) is 2.56. The zero-order chi connectivity index (χ0) is 10.9. The van der Waals surface area contributed by atoms with Crippen LogP contribution in [0.1, 0.15) is 12.8 Å². The van der Waals surface area contributed by atoms with Gasteiger partial charge in [0.2, 0.25) is 0 Å². The van der Waals surface area contributed by atoms with Crippen molar-refractivity contribution in [1.82, 2.24) is 9.55 Å². The Morgan fingerprint density at radius 3 is 2.53 bits per heavy atom. The van der Waals surface area contributed by atoms with Crippen molar-refractivity contribution in [3.8, 4) is 0 Å². The van der Waals surface area contributed by atoms with Crippen molar-refractivity contribution in [2.75, 3.05) is 18.1 Å². The van der Waals surface area contributed by atoms with Crippen LogP contribution in [-0.4, -0.2) is 36.0 Å². The molecule has 0 atom stereocenters. The number of hydrogen-bond donors (Lipinski definition) is 1. The summed E-state index contributed by atoms with van der Waals surface area (Å²) in [5, 5.41) is 0. The molecule has 0 aromatic carbocycles. The summed E-state index contributed by atoms with van der Waals surface area (Å²) in [6.07, 6.45) is 6.43. The van der Waals surface area contributed by atoms with Crippen LogP contribution >= 0.6 is 0 Å². The second-order valence-electron chi connectivity index (χ2n) is 4.05. The highest BCUT2D eigenvalue weighted by Crippen LogP contribution is 2.29. The van der Waals surface area contributed by atoms with E-state index in [1.54, 1.807) is 12.5 Å². The first-order chi connectivity index (χ1) is 7.08. The highest BCUT2D eigenvalue weighted by Gasteiger charge is 2.37. The molecule has 84 valence electrons. The summed E-state index contributed by atoms with van der Waals surface area (Å²) in [5.74, 6) is 0.449. The smallest absolute Gasteiger partial charge is 0.150 e. The van der Waals surface area contributed by atoms with Gasteiger partial charge in [0.25, 0.3) is 0 Å². The number of sulfone groups is 1. The summed E-state index contributed by atoms with van der Waals surface area (Å²) in [4.78, 5) is 3.98. The molecule has 1 aliphatic heterocycles. The van der Waals surface area contributed by atoms with Crippen molar-refractivity contribution < 1.29 is 8.42 Å². The maximum absolute atomic E-state index is 11.4. The third kappa shape index (κ3) is 1.91. The Morgan fingerprint density at radius 2 is 2.07 bits per heavy atom. The Bertz CT molecular complexity index is 410. The minimum atomic E-state index is -2.84. The third-order valence-corrected chi connectivity index (χ3v) is 4.84. The lowest BCUT2D eigenvalue weighted by Crippen LogP contribution is -2.46. The van der Waals surface area contributed by atoms with E-state index < -0.39 is 9.84 Å². The maximum Gasteiger partial charge on any atom is 0.150 e. The van der Waals surface area contributed by atoms with E-state index in [0.717, 1.165) is 0 Å². The van der Waals surface area contributed by atoms with Crippen molar-refractivity contribution in [2.45, 2.75) is 18.4 Å². The van der Waals surface area contributed by atoms with Gasteiger partial charge in [-0.05, 0) is 12.8 Å². The number of imidazole rings is 1. The molecule has 0 bridgehead atoms. The van der Waals surface area contributed by atoms with E-state index in [-0.39, 0.29) is 17.0 Å². The molecule has 1 saturated heterocycles. The summed E-state index contributed by atoms with van der Waals surface area (Å²) in [6.45, 7) is 0.457. The van der Waals surface area contributed by atoms with Crippen LogP contribution in [0.5, 0.6) is 0 Å². The molecule has 6 heteroatoms. The molecule has 0 amide bonds. The molecule has 2 rings (SSSR count). The van der Waals surface area contributed by atoms with E-state index in [4.69, 9.17) is 5.73 Å². The first-order valence-corrected chi connectivity index (χ1v) is 6.79. The molecule has 0 aliphatic carbocycles. The van der Waals surface area contributed by atoms with Crippen molar-refractivity contribution in [3.05, 3.63) is 18.7 Å². The zero-order valence-corrected chi connectivity index (χ0v) is 9.28. The predicted molar refractivity (Wildman–Crippen MR) is 57.1 cm³/mol. The van der Waals surface area contributed by atoms with Gasteiger partial charge >= 0.3 is 0 Å². The summed E-state index contributed by atoms with van der Waals surface area (Å²) < 4.78 is 24.7. The quantitative estimate of drug-likeness (QED) is 0.758. The molecule has 1 fully saturated rings. The lowest BCUT2D eigenvalue weighted by Gasteiger charge is -2.37. The Labute approximate surface area is 89.2 Å². The molecule has 1 aromatic rings. The molecule has 0 unspecified atom stereocenters. The normalized spacial score (nSPS) is 23.8. The minimum absolute atomic E-state index is 0.225. The Hall–Kier alpha value is -0.880. The number of hydrogen-bond acceptors (Lipinski definition) is 4. The Morgan fingerprint density at radius 1 is 1.40 bits per heavy atom. The molecular weight excluding hydrogens is 214 g/mol. The lowest BCUT2D eigenvalue weighted by molar-refractivity contribution is 0.264. The molecule has 15 heavy (non-hydrogen) atoms. The van der Waals surface area contributed by atoms with Gasteiger partial charge < -0.3 is 10.3 Å². The minimum Gasteiger partial charge on any atom is -0.330 e. The molecule has 0 spiro atoms. The topological polar surface area (TPSA) is 78.0 Å². The number of nitrogens with zero attached hydrogens (tertiary/aromatic N) is 2. The number of nitrogens with two attached hydrogens (primary N) is 1. The average Bonchev–Trinajstić information content (AvgIpc) is 2.72. The largest absolute Gasteiger partial charge is 0.330 e. The lowest BCUT2D eigenvalue weighted by atomic mass is 9.92. The fourth-order valence-electron chi connectivity index (χ4n) is 2.03. The summed E-state index contributed by atoms with van der Waals surface area (Å²) >= 11 is 0. The molecular formula is C9H15N3O2S.